The number of Topliss-reactive ketones (excluding diaryl/α,β-unsaturated/α-hetero) is 1. The van der Waals surface area contributed by atoms with Gasteiger partial charge in [0.2, 0.25) is 0 Å². The Hall–Kier alpha value is -0.920. The van der Waals surface area contributed by atoms with Crippen molar-refractivity contribution >= 4 is 44.8 Å². The second-order valence-electron chi connectivity index (χ2n) is 4.11. The SMILES string of the molecule is CCCc1cc(=O)[nH]c(SCC(=O)c2ccc(Br)s2)n1. The Balaban J connectivity index is 2.03. The zero-order valence-corrected chi connectivity index (χ0v) is 14.0. The van der Waals surface area contributed by atoms with Gasteiger partial charge in [0.25, 0.3) is 5.56 Å². The van der Waals surface area contributed by atoms with Gasteiger partial charge in [-0.05, 0) is 34.5 Å². The molecule has 20 heavy (non-hydrogen) atoms. The Morgan fingerprint density at radius 2 is 2.30 bits per heavy atom. The van der Waals surface area contributed by atoms with Gasteiger partial charge < -0.3 is 4.98 Å². The van der Waals surface area contributed by atoms with E-state index in [9.17, 15) is 9.59 Å². The zero-order valence-electron chi connectivity index (χ0n) is 10.8. The number of aryl methyl sites for hydroxylation is 1. The fourth-order valence-electron chi connectivity index (χ4n) is 1.61. The molecule has 0 unspecified atom stereocenters. The Morgan fingerprint density at radius 3 is 2.95 bits per heavy atom. The van der Waals surface area contributed by atoms with Crippen LogP contribution in [-0.4, -0.2) is 21.5 Å². The van der Waals surface area contributed by atoms with Crippen molar-refractivity contribution in [3.8, 4) is 0 Å². The molecule has 7 heteroatoms. The van der Waals surface area contributed by atoms with E-state index in [2.05, 4.69) is 25.9 Å². The van der Waals surface area contributed by atoms with Gasteiger partial charge in [-0.2, -0.15) is 0 Å². The summed E-state index contributed by atoms with van der Waals surface area (Å²) >= 11 is 6.00. The molecule has 0 fully saturated rings. The lowest BCUT2D eigenvalue weighted by Crippen LogP contribution is -2.11. The summed E-state index contributed by atoms with van der Waals surface area (Å²) in [5, 5.41) is 0.505. The number of thiophene rings is 1. The maximum Gasteiger partial charge on any atom is 0.251 e. The number of hydrogen-bond donors (Lipinski definition) is 1. The molecule has 0 radical (unpaired) electrons. The lowest BCUT2D eigenvalue weighted by atomic mass is 10.2. The second kappa shape index (κ2) is 7.19. The number of thioether (sulfide) groups is 1. The Kier molecular flexibility index (Phi) is 5.56. The summed E-state index contributed by atoms with van der Waals surface area (Å²) in [5.74, 6) is 0.306. The zero-order chi connectivity index (χ0) is 14.5. The Labute approximate surface area is 133 Å². The minimum Gasteiger partial charge on any atom is -0.301 e. The van der Waals surface area contributed by atoms with Crippen LogP contribution in [0.25, 0.3) is 0 Å². The number of nitrogens with one attached hydrogen (secondary N) is 1. The lowest BCUT2D eigenvalue weighted by Gasteiger charge is -2.02. The minimum absolute atomic E-state index is 0.0363. The highest BCUT2D eigenvalue weighted by Gasteiger charge is 2.10. The third-order valence-electron chi connectivity index (χ3n) is 2.47. The van der Waals surface area contributed by atoms with Crippen molar-refractivity contribution in [3.05, 3.63) is 42.9 Å². The van der Waals surface area contributed by atoms with Crippen molar-refractivity contribution in [2.75, 3.05) is 5.75 Å². The summed E-state index contributed by atoms with van der Waals surface area (Å²) in [7, 11) is 0. The number of halogens is 1. The van der Waals surface area contributed by atoms with Crippen molar-refractivity contribution in [1.82, 2.24) is 9.97 Å². The fourth-order valence-corrected chi connectivity index (χ4v) is 3.80. The maximum absolute atomic E-state index is 12.0. The first kappa shape index (κ1) is 15.5. The van der Waals surface area contributed by atoms with Gasteiger partial charge in [-0.15, -0.1) is 11.3 Å². The molecule has 0 saturated carbocycles. The highest BCUT2D eigenvalue weighted by atomic mass is 79.9. The predicted molar refractivity (Wildman–Crippen MR) is 85.9 cm³/mol. The van der Waals surface area contributed by atoms with Gasteiger partial charge in [-0.1, -0.05) is 25.1 Å². The Morgan fingerprint density at radius 1 is 1.50 bits per heavy atom. The largest absolute Gasteiger partial charge is 0.301 e. The van der Waals surface area contributed by atoms with Crippen LogP contribution in [0.3, 0.4) is 0 Å². The molecule has 2 rings (SSSR count). The standard InChI is InChI=1S/C13H13BrN2O2S2/c1-2-3-8-6-12(18)16-13(15-8)19-7-9(17)10-4-5-11(14)20-10/h4-6H,2-3,7H2,1H3,(H,15,16,18). The average molecular weight is 373 g/mol. The first-order chi connectivity index (χ1) is 9.58. The molecular weight excluding hydrogens is 360 g/mol. The fraction of sp³-hybridized carbons (Fsp3) is 0.308. The van der Waals surface area contributed by atoms with Crippen LogP contribution >= 0.6 is 39.0 Å². The normalized spacial score (nSPS) is 10.7. The molecule has 0 aliphatic rings. The number of carbonyl (C=O) groups is 1. The van der Waals surface area contributed by atoms with Crippen molar-refractivity contribution < 1.29 is 4.79 Å². The van der Waals surface area contributed by atoms with E-state index < -0.39 is 0 Å². The molecule has 1 N–H and O–H groups in total. The number of hydrogen-bond acceptors (Lipinski definition) is 5. The number of H-pyrrole nitrogens is 1. The maximum atomic E-state index is 12.0. The smallest absolute Gasteiger partial charge is 0.251 e. The molecule has 0 amide bonds. The third-order valence-corrected chi connectivity index (χ3v) is 5.01. The molecule has 0 aliphatic carbocycles. The first-order valence-electron chi connectivity index (χ1n) is 6.10. The summed E-state index contributed by atoms with van der Waals surface area (Å²) in [6.45, 7) is 2.04. The van der Waals surface area contributed by atoms with Gasteiger partial charge in [0.05, 0.1) is 14.4 Å². The number of aromatic amines is 1. The molecule has 4 nitrogen and oxygen atoms in total. The van der Waals surface area contributed by atoms with Crippen LogP contribution in [0.15, 0.2) is 31.9 Å². The van der Waals surface area contributed by atoms with Crippen LogP contribution in [0.2, 0.25) is 0 Å². The number of aromatic nitrogens is 2. The highest BCUT2D eigenvalue weighted by Crippen LogP contribution is 2.24. The van der Waals surface area contributed by atoms with Gasteiger partial charge in [-0.25, -0.2) is 4.98 Å². The van der Waals surface area contributed by atoms with E-state index in [1.807, 2.05) is 13.0 Å². The molecule has 0 spiro atoms. The topological polar surface area (TPSA) is 62.8 Å². The van der Waals surface area contributed by atoms with E-state index in [0.717, 1.165) is 22.3 Å². The molecule has 0 bridgehead atoms. The summed E-state index contributed by atoms with van der Waals surface area (Å²) in [4.78, 5) is 31.2. The van der Waals surface area contributed by atoms with Crippen LogP contribution in [0.4, 0.5) is 0 Å². The number of nitrogens with zero attached hydrogens (tertiary/aromatic N) is 1. The molecular formula is C13H13BrN2O2S2. The number of rotatable bonds is 6. The molecule has 0 aromatic carbocycles. The van der Waals surface area contributed by atoms with Crippen LogP contribution in [-0.2, 0) is 6.42 Å². The van der Waals surface area contributed by atoms with Gasteiger partial charge in [0.15, 0.2) is 10.9 Å². The molecule has 2 heterocycles. The van der Waals surface area contributed by atoms with E-state index in [1.54, 1.807) is 6.07 Å². The summed E-state index contributed by atoms with van der Waals surface area (Å²) in [6, 6.07) is 5.15. The summed E-state index contributed by atoms with van der Waals surface area (Å²) in [5.41, 5.74) is 0.599. The van der Waals surface area contributed by atoms with Crippen molar-refractivity contribution in [2.24, 2.45) is 0 Å². The lowest BCUT2D eigenvalue weighted by molar-refractivity contribution is 0.102. The predicted octanol–water partition coefficient (Wildman–Crippen LogP) is 3.52. The van der Waals surface area contributed by atoms with Crippen LogP contribution in [0.5, 0.6) is 0 Å². The van der Waals surface area contributed by atoms with Crippen molar-refractivity contribution in [2.45, 2.75) is 24.9 Å². The molecule has 2 aromatic rings. The third kappa shape index (κ3) is 4.29. The van der Waals surface area contributed by atoms with Gasteiger partial charge in [-0.3, -0.25) is 9.59 Å². The molecule has 0 atom stereocenters. The second-order valence-corrected chi connectivity index (χ2v) is 7.53. The molecule has 106 valence electrons. The summed E-state index contributed by atoms with van der Waals surface area (Å²) < 4.78 is 0.933. The Bertz CT molecular complexity index is 666. The minimum atomic E-state index is -0.169. The highest BCUT2D eigenvalue weighted by molar-refractivity contribution is 9.11. The van der Waals surface area contributed by atoms with E-state index in [1.165, 1.54) is 29.2 Å². The van der Waals surface area contributed by atoms with Gasteiger partial charge >= 0.3 is 0 Å². The van der Waals surface area contributed by atoms with Crippen molar-refractivity contribution in [1.29, 1.82) is 0 Å². The number of ketones is 1. The average Bonchev–Trinajstić information content (AvgIpc) is 2.82. The van der Waals surface area contributed by atoms with Crippen LogP contribution < -0.4 is 5.56 Å². The number of carbonyl (C=O) groups excluding carboxylic acids is 1. The van der Waals surface area contributed by atoms with Crippen LogP contribution in [0.1, 0.15) is 28.7 Å². The van der Waals surface area contributed by atoms with Crippen LogP contribution in [0, 0.1) is 0 Å². The van der Waals surface area contributed by atoms with E-state index in [0.29, 0.717) is 10.0 Å². The summed E-state index contributed by atoms with van der Waals surface area (Å²) in [6.07, 6.45) is 1.70. The molecule has 0 saturated heterocycles. The van der Waals surface area contributed by atoms with Crippen molar-refractivity contribution in [3.63, 3.8) is 0 Å². The van der Waals surface area contributed by atoms with E-state index in [-0.39, 0.29) is 17.1 Å². The van der Waals surface area contributed by atoms with E-state index in [4.69, 9.17) is 0 Å². The van der Waals surface area contributed by atoms with Gasteiger partial charge in [0.1, 0.15) is 0 Å². The first-order valence-corrected chi connectivity index (χ1v) is 8.69. The molecule has 0 aliphatic heterocycles. The monoisotopic (exact) mass is 372 g/mol. The van der Waals surface area contributed by atoms with Gasteiger partial charge in [0, 0.05) is 11.8 Å². The molecule has 2 aromatic heterocycles. The van der Waals surface area contributed by atoms with E-state index >= 15 is 0 Å². The quantitative estimate of drug-likeness (QED) is 0.478.